The van der Waals surface area contributed by atoms with Crippen molar-refractivity contribution in [2.75, 3.05) is 18.6 Å². The molecule has 0 aliphatic carbocycles. The van der Waals surface area contributed by atoms with Crippen molar-refractivity contribution >= 4 is 39.9 Å². The van der Waals surface area contributed by atoms with Crippen molar-refractivity contribution in [2.45, 2.75) is 32.7 Å². The van der Waals surface area contributed by atoms with Crippen molar-refractivity contribution < 1.29 is 29.0 Å². The van der Waals surface area contributed by atoms with Gasteiger partial charge in [-0.3, -0.25) is 14.5 Å². The molecule has 1 atom stereocenters. The summed E-state index contributed by atoms with van der Waals surface area (Å²) < 4.78 is 10.7. The molecule has 1 unspecified atom stereocenters. The molecule has 8 nitrogen and oxygen atoms in total. The van der Waals surface area contributed by atoms with Crippen LogP contribution in [0.5, 0.6) is 5.75 Å². The number of anilines is 1. The second-order valence-electron chi connectivity index (χ2n) is 8.21. The summed E-state index contributed by atoms with van der Waals surface area (Å²) >= 11 is 0.956. The smallest absolute Gasteiger partial charge is 0.350 e. The van der Waals surface area contributed by atoms with Crippen LogP contribution >= 0.6 is 11.3 Å². The maximum atomic E-state index is 13.3. The molecule has 4 rings (SSSR count). The summed E-state index contributed by atoms with van der Waals surface area (Å²) in [7, 11) is 1.26. The van der Waals surface area contributed by atoms with Gasteiger partial charge in [0.25, 0.3) is 5.78 Å². The Kier molecular flexibility index (Phi) is 7.49. The molecule has 3 aromatic rings. The summed E-state index contributed by atoms with van der Waals surface area (Å²) in [6.45, 7) is 4.22. The van der Waals surface area contributed by atoms with E-state index in [1.54, 1.807) is 61.5 Å². The van der Waals surface area contributed by atoms with E-state index in [0.717, 1.165) is 24.2 Å². The van der Waals surface area contributed by atoms with E-state index in [1.165, 1.54) is 12.0 Å². The first-order valence-electron chi connectivity index (χ1n) is 11.5. The van der Waals surface area contributed by atoms with Crippen LogP contribution in [0.1, 0.15) is 52.3 Å². The van der Waals surface area contributed by atoms with Crippen LogP contribution in [-0.4, -0.2) is 41.5 Å². The molecule has 186 valence electrons. The Bertz CT molecular complexity index is 1330. The van der Waals surface area contributed by atoms with Gasteiger partial charge in [-0.05, 0) is 31.0 Å². The highest BCUT2D eigenvalue weighted by Crippen LogP contribution is 2.44. The Morgan fingerprint density at radius 2 is 1.89 bits per heavy atom. The molecule has 0 spiro atoms. The minimum atomic E-state index is -0.976. The zero-order valence-electron chi connectivity index (χ0n) is 20.2. The van der Waals surface area contributed by atoms with Crippen LogP contribution in [0.15, 0.2) is 60.2 Å². The lowest BCUT2D eigenvalue weighted by Gasteiger charge is -2.23. The van der Waals surface area contributed by atoms with Gasteiger partial charge < -0.3 is 14.6 Å². The van der Waals surface area contributed by atoms with E-state index < -0.39 is 23.7 Å². The van der Waals surface area contributed by atoms with Crippen LogP contribution in [-0.2, 0) is 14.3 Å². The number of ketones is 1. The monoisotopic (exact) mass is 506 g/mol. The molecule has 1 saturated heterocycles. The number of Topliss-reactive ketones (excluding diaryl/α,β-unsaturated/α-hetero) is 1. The number of carbonyl (C=O) groups is 3. The number of amides is 1. The molecule has 9 heteroatoms. The van der Waals surface area contributed by atoms with Crippen LogP contribution in [0, 0.1) is 6.92 Å². The number of methoxy groups -OCH3 is 1. The van der Waals surface area contributed by atoms with E-state index in [0.29, 0.717) is 29.2 Å². The van der Waals surface area contributed by atoms with Gasteiger partial charge in [-0.15, -0.1) is 0 Å². The van der Waals surface area contributed by atoms with E-state index in [9.17, 15) is 19.5 Å². The maximum Gasteiger partial charge on any atom is 0.350 e. The van der Waals surface area contributed by atoms with Gasteiger partial charge in [0.1, 0.15) is 16.4 Å². The lowest BCUT2D eigenvalue weighted by atomic mass is 9.95. The SMILES string of the molecule is CCCCOc1cccc(C2/C(=C(\O)c3ccccc3)C(=O)C(=O)N2c2nc(C)c(C(=O)OC)s2)c1. The van der Waals surface area contributed by atoms with Gasteiger partial charge in [-0.25, -0.2) is 9.78 Å². The van der Waals surface area contributed by atoms with E-state index in [4.69, 9.17) is 9.47 Å². The fourth-order valence-electron chi connectivity index (χ4n) is 3.97. The molecule has 1 amide bonds. The number of rotatable bonds is 8. The molecule has 1 aliphatic rings. The van der Waals surface area contributed by atoms with Gasteiger partial charge >= 0.3 is 11.9 Å². The topological polar surface area (TPSA) is 106 Å². The Balaban J connectivity index is 1.88. The molecule has 1 N–H and O–H groups in total. The molecular weight excluding hydrogens is 480 g/mol. The number of esters is 1. The number of aliphatic hydroxyl groups is 1. The number of hydrogen-bond acceptors (Lipinski definition) is 8. The molecule has 36 heavy (non-hydrogen) atoms. The highest BCUT2D eigenvalue weighted by molar-refractivity contribution is 7.17. The van der Waals surface area contributed by atoms with Crippen molar-refractivity contribution in [1.82, 2.24) is 4.98 Å². The zero-order valence-corrected chi connectivity index (χ0v) is 21.0. The normalized spacial score (nSPS) is 16.9. The molecule has 1 aromatic heterocycles. The van der Waals surface area contributed by atoms with Crippen LogP contribution in [0.25, 0.3) is 5.76 Å². The lowest BCUT2D eigenvalue weighted by molar-refractivity contribution is -0.132. The Labute approximate surface area is 212 Å². The van der Waals surface area contributed by atoms with Gasteiger partial charge in [0, 0.05) is 5.56 Å². The van der Waals surface area contributed by atoms with Gasteiger partial charge in [0.15, 0.2) is 5.13 Å². The summed E-state index contributed by atoms with van der Waals surface area (Å²) in [4.78, 5) is 44.7. The molecule has 2 heterocycles. The largest absolute Gasteiger partial charge is 0.507 e. The van der Waals surface area contributed by atoms with E-state index in [-0.39, 0.29) is 21.3 Å². The minimum absolute atomic E-state index is 0.0654. The maximum absolute atomic E-state index is 13.3. The van der Waals surface area contributed by atoms with Gasteiger partial charge in [0.05, 0.1) is 31.0 Å². The molecule has 1 aliphatic heterocycles. The summed E-state index contributed by atoms with van der Waals surface area (Å²) in [5, 5.41) is 11.3. The van der Waals surface area contributed by atoms with Crippen molar-refractivity contribution in [3.63, 3.8) is 0 Å². The third-order valence-electron chi connectivity index (χ3n) is 5.79. The fourth-order valence-corrected chi connectivity index (χ4v) is 4.98. The number of ether oxygens (including phenoxy) is 2. The average Bonchev–Trinajstić information content (AvgIpc) is 3.40. The quantitative estimate of drug-likeness (QED) is 0.150. The van der Waals surface area contributed by atoms with Crippen molar-refractivity contribution in [3.8, 4) is 5.75 Å². The molecule has 1 fully saturated rings. The fraction of sp³-hybridized carbons (Fsp3) is 0.259. The summed E-state index contributed by atoms with van der Waals surface area (Å²) in [5.74, 6) is -1.98. The number of unbranched alkanes of at least 4 members (excludes halogenated alkanes) is 1. The third-order valence-corrected chi connectivity index (χ3v) is 6.93. The number of aliphatic hydroxyl groups excluding tert-OH is 1. The zero-order chi connectivity index (χ0) is 25.8. The first kappa shape index (κ1) is 25.1. The van der Waals surface area contributed by atoms with Gasteiger partial charge in [0.2, 0.25) is 0 Å². The first-order valence-corrected chi connectivity index (χ1v) is 12.3. The van der Waals surface area contributed by atoms with Crippen LogP contribution in [0.2, 0.25) is 0 Å². The second kappa shape index (κ2) is 10.7. The number of aromatic nitrogens is 1. The van der Waals surface area contributed by atoms with Crippen LogP contribution < -0.4 is 9.64 Å². The molecule has 0 bridgehead atoms. The molecule has 0 radical (unpaired) electrons. The van der Waals surface area contributed by atoms with E-state index in [2.05, 4.69) is 11.9 Å². The van der Waals surface area contributed by atoms with Gasteiger partial charge in [-0.2, -0.15) is 0 Å². The molecule has 0 saturated carbocycles. The number of carbonyl (C=O) groups excluding carboxylic acids is 3. The second-order valence-corrected chi connectivity index (χ2v) is 9.19. The molecule has 2 aromatic carbocycles. The standard InChI is InChI=1S/C27H26N2O6S/c1-4-5-14-35-19-13-9-12-18(15-19)21-20(22(30)17-10-7-6-8-11-17)23(31)25(32)29(21)27-28-16(2)24(36-27)26(33)34-3/h6-13,15,21,30H,4-5,14H2,1-3H3/b22-20+. The summed E-state index contributed by atoms with van der Waals surface area (Å²) in [5.41, 5.74) is 1.28. The number of benzene rings is 2. The minimum Gasteiger partial charge on any atom is -0.507 e. The predicted molar refractivity (Wildman–Crippen MR) is 136 cm³/mol. The predicted octanol–water partition coefficient (Wildman–Crippen LogP) is 5.04. The highest BCUT2D eigenvalue weighted by atomic mass is 32.1. The summed E-state index contributed by atoms with van der Waals surface area (Å²) in [6, 6.07) is 14.7. The Morgan fingerprint density at radius 1 is 1.14 bits per heavy atom. The van der Waals surface area contributed by atoms with Crippen molar-refractivity contribution in [2.24, 2.45) is 0 Å². The number of nitrogens with zero attached hydrogens (tertiary/aromatic N) is 2. The van der Waals surface area contributed by atoms with Crippen LogP contribution in [0.4, 0.5) is 5.13 Å². The Hall–Kier alpha value is -3.98. The highest BCUT2D eigenvalue weighted by Gasteiger charge is 2.48. The summed E-state index contributed by atoms with van der Waals surface area (Å²) in [6.07, 6.45) is 1.86. The average molecular weight is 507 g/mol. The van der Waals surface area contributed by atoms with E-state index >= 15 is 0 Å². The van der Waals surface area contributed by atoms with E-state index in [1.807, 2.05) is 0 Å². The van der Waals surface area contributed by atoms with Crippen molar-refractivity contribution in [1.29, 1.82) is 0 Å². The molecular formula is C27H26N2O6S. The number of thiazole rings is 1. The Morgan fingerprint density at radius 3 is 2.58 bits per heavy atom. The van der Waals surface area contributed by atoms with Gasteiger partial charge in [-0.1, -0.05) is 67.1 Å². The lowest BCUT2D eigenvalue weighted by Crippen LogP contribution is -2.29. The van der Waals surface area contributed by atoms with Crippen LogP contribution in [0.3, 0.4) is 0 Å². The third kappa shape index (κ3) is 4.74. The van der Waals surface area contributed by atoms with Crippen molar-refractivity contribution in [3.05, 3.63) is 81.9 Å². The first-order chi connectivity index (χ1) is 17.4. The number of aryl methyl sites for hydroxylation is 1. The number of hydrogen-bond donors (Lipinski definition) is 1.